The van der Waals surface area contributed by atoms with Crippen molar-refractivity contribution in [3.05, 3.63) is 81.5 Å². The molecule has 0 saturated heterocycles. The minimum absolute atomic E-state index is 0.0366. The molecule has 9 nitrogen and oxygen atoms in total. The summed E-state index contributed by atoms with van der Waals surface area (Å²) < 4.78 is 22.8. The average Bonchev–Trinajstić information content (AvgIpc) is 3.19. The van der Waals surface area contributed by atoms with Crippen LogP contribution in [0.5, 0.6) is 17.2 Å². The number of ether oxygens (including phenoxy) is 3. The van der Waals surface area contributed by atoms with Crippen molar-refractivity contribution in [1.82, 2.24) is 9.56 Å². The van der Waals surface area contributed by atoms with E-state index in [0.29, 0.717) is 45.6 Å². The van der Waals surface area contributed by atoms with E-state index in [1.807, 2.05) is 13.0 Å². The van der Waals surface area contributed by atoms with Crippen LogP contribution in [0.1, 0.15) is 27.4 Å². The van der Waals surface area contributed by atoms with Crippen LogP contribution < -0.4 is 25.1 Å². The van der Waals surface area contributed by atoms with Crippen molar-refractivity contribution in [3.63, 3.8) is 0 Å². The molecule has 0 unspecified atom stereocenters. The third-order valence-corrected chi connectivity index (χ3v) is 4.90. The molecule has 2 aromatic carbocycles. The monoisotopic (exact) mass is 449 g/mol. The zero-order valence-electron chi connectivity index (χ0n) is 18.7. The van der Waals surface area contributed by atoms with Gasteiger partial charge in [-0.1, -0.05) is 6.07 Å². The first-order valence-corrected chi connectivity index (χ1v) is 10.1. The van der Waals surface area contributed by atoms with E-state index >= 15 is 0 Å². The van der Waals surface area contributed by atoms with Crippen LogP contribution in [0.15, 0.2) is 57.8 Å². The Morgan fingerprint density at radius 1 is 1.03 bits per heavy atom. The van der Waals surface area contributed by atoms with Crippen LogP contribution in [-0.4, -0.2) is 29.7 Å². The minimum Gasteiger partial charge on any atom is -0.497 e. The lowest BCUT2D eigenvalue weighted by molar-refractivity contribution is 0.102. The fraction of sp³-hybridized carbons (Fsp3) is 0.208. The van der Waals surface area contributed by atoms with Crippen molar-refractivity contribution in [3.8, 4) is 17.2 Å². The molecular formula is C24H23N3O6. The molecule has 2 heterocycles. The van der Waals surface area contributed by atoms with Crippen LogP contribution in [0.3, 0.4) is 0 Å². The first-order chi connectivity index (χ1) is 15.9. The van der Waals surface area contributed by atoms with Gasteiger partial charge in [-0.05, 0) is 43.7 Å². The Morgan fingerprint density at radius 3 is 2.45 bits per heavy atom. The summed E-state index contributed by atoms with van der Waals surface area (Å²) in [5.41, 5.74) is 2.30. The number of aromatic nitrogens is 2. The molecule has 0 aliphatic carbocycles. The number of hydrogen-bond acceptors (Lipinski definition) is 7. The standard InChI is InChI=1S/C24H23N3O6/c1-14-5-6-21(32-13-17-11-23(28)27-22(25-17)8-15(2)33-27)20(7-14)26-24(29)16-9-18(30-3)12-19(10-16)31-4/h5-12H,13H2,1-4H3,(H,26,29). The lowest BCUT2D eigenvalue weighted by Crippen LogP contribution is -2.15. The topological polar surface area (TPSA) is 104 Å². The highest BCUT2D eigenvalue weighted by Crippen LogP contribution is 2.28. The van der Waals surface area contributed by atoms with Gasteiger partial charge in [0.15, 0.2) is 5.65 Å². The second-order valence-electron chi connectivity index (χ2n) is 7.43. The molecule has 1 N–H and O–H groups in total. The minimum atomic E-state index is -0.352. The molecule has 170 valence electrons. The van der Waals surface area contributed by atoms with E-state index in [1.54, 1.807) is 43.3 Å². The molecular weight excluding hydrogens is 426 g/mol. The number of rotatable bonds is 7. The smallest absolute Gasteiger partial charge is 0.287 e. The molecule has 0 saturated carbocycles. The molecule has 0 radical (unpaired) electrons. The molecule has 0 fully saturated rings. The van der Waals surface area contributed by atoms with E-state index in [2.05, 4.69) is 10.3 Å². The second kappa shape index (κ2) is 9.07. The summed E-state index contributed by atoms with van der Waals surface area (Å²) in [4.78, 5) is 29.6. The van der Waals surface area contributed by atoms with Gasteiger partial charge in [0.25, 0.3) is 11.5 Å². The van der Waals surface area contributed by atoms with Gasteiger partial charge >= 0.3 is 0 Å². The number of nitrogens with one attached hydrogen (secondary N) is 1. The van der Waals surface area contributed by atoms with Gasteiger partial charge in [-0.3, -0.25) is 9.59 Å². The van der Waals surface area contributed by atoms with Crippen LogP contribution in [-0.2, 0) is 6.61 Å². The van der Waals surface area contributed by atoms with Crippen molar-refractivity contribution in [2.75, 3.05) is 19.5 Å². The molecule has 2 aromatic heterocycles. The number of methoxy groups -OCH3 is 2. The van der Waals surface area contributed by atoms with Gasteiger partial charge in [-0.25, -0.2) is 4.98 Å². The van der Waals surface area contributed by atoms with E-state index < -0.39 is 0 Å². The zero-order chi connectivity index (χ0) is 23.5. The van der Waals surface area contributed by atoms with Gasteiger partial charge in [0.05, 0.1) is 25.6 Å². The van der Waals surface area contributed by atoms with Gasteiger partial charge in [0, 0.05) is 23.8 Å². The predicted octanol–water partition coefficient (Wildman–Crippen LogP) is 3.75. The van der Waals surface area contributed by atoms with Crippen LogP contribution in [0.2, 0.25) is 0 Å². The molecule has 0 bridgehead atoms. The second-order valence-corrected chi connectivity index (χ2v) is 7.43. The Hall–Kier alpha value is -4.27. The van der Waals surface area contributed by atoms with Crippen molar-refractivity contribution in [1.29, 1.82) is 0 Å². The molecule has 1 amide bonds. The Bertz CT molecular complexity index is 1370. The molecule has 0 aliphatic rings. The molecule has 33 heavy (non-hydrogen) atoms. The molecule has 0 atom stereocenters. The Kier molecular flexibility index (Phi) is 6.03. The van der Waals surface area contributed by atoms with E-state index in [4.69, 9.17) is 18.7 Å². The van der Waals surface area contributed by atoms with Crippen LogP contribution >= 0.6 is 0 Å². The molecule has 4 rings (SSSR count). The first kappa shape index (κ1) is 21.9. The summed E-state index contributed by atoms with van der Waals surface area (Å²) in [5, 5.41) is 2.87. The fourth-order valence-electron chi connectivity index (χ4n) is 3.30. The highest BCUT2D eigenvalue weighted by atomic mass is 16.5. The fourth-order valence-corrected chi connectivity index (χ4v) is 3.30. The molecule has 0 aliphatic heterocycles. The summed E-state index contributed by atoms with van der Waals surface area (Å²) in [6.45, 7) is 3.68. The van der Waals surface area contributed by atoms with Gasteiger partial charge in [-0.15, -0.1) is 4.57 Å². The largest absolute Gasteiger partial charge is 0.497 e. The van der Waals surface area contributed by atoms with E-state index in [0.717, 1.165) is 10.1 Å². The summed E-state index contributed by atoms with van der Waals surface area (Å²) in [6, 6.07) is 13.4. The molecule has 9 heteroatoms. The number of carbonyl (C=O) groups excluding carboxylic acids is 1. The molecule has 4 aromatic rings. The van der Waals surface area contributed by atoms with Crippen LogP contribution in [0.4, 0.5) is 5.69 Å². The predicted molar refractivity (Wildman–Crippen MR) is 121 cm³/mol. The SMILES string of the molecule is COc1cc(OC)cc(C(=O)Nc2cc(C)ccc2OCc2cc(=O)n3oc(C)cc3n2)c1. The number of hydrogen-bond donors (Lipinski definition) is 1. The summed E-state index contributed by atoms with van der Waals surface area (Å²) in [6.07, 6.45) is 0. The van der Waals surface area contributed by atoms with Gasteiger partial charge in [-0.2, -0.15) is 0 Å². The number of anilines is 1. The number of aryl methyl sites for hydroxylation is 2. The Morgan fingerprint density at radius 2 is 1.76 bits per heavy atom. The number of nitrogens with zero attached hydrogens (tertiary/aromatic N) is 2. The van der Waals surface area contributed by atoms with E-state index in [9.17, 15) is 9.59 Å². The average molecular weight is 449 g/mol. The highest BCUT2D eigenvalue weighted by molar-refractivity contribution is 6.05. The normalized spacial score (nSPS) is 10.8. The maximum Gasteiger partial charge on any atom is 0.287 e. The van der Waals surface area contributed by atoms with Crippen LogP contribution in [0, 0.1) is 13.8 Å². The lowest BCUT2D eigenvalue weighted by Gasteiger charge is -2.14. The Balaban J connectivity index is 1.57. The third-order valence-electron chi connectivity index (χ3n) is 4.90. The highest BCUT2D eigenvalue weighted by Gasteiger charge is 2.14. The number of amides is 1. The van der Waals surface area contributed by atoms with Crippen molar-refractivity contribution in [2.45, 2.75) is 20.5 Å². The Labute approximate surface area is 189 Å². The van der Waals surface area contributed by atoms with Crippen molar-refractivity contribution in [2.24, 2.45) is 0 Å². The zero-order valence-corrected chi connectivity index (χ0v) is 18.7. The van der Waals surface area contributed by atoms with Crippen molar-refractivity contribution >= 4 is 17.2 Å². The number of benzene rings is 2. The summed E-state index contributed by atoms with van der Waals surface area (Å²) >= 11 is 0. The number of carbonyl (C=O) groups is 1. The maximum absolute atomic E-state index is 12.9. The van der Waals surface area contributed by atoms with Gasteiger partial charge in [0.1, 0.15) is 29.6 Å². The van der Waals surface area contributed by atoms with Crippen LogP contribution in [0.25, 0.3) is 5.65 Å². The van der Waals surface area contributed by atoms with E-state index in [-0.39, 0.29) is 18.1 Å². The third kappa shape index (κ3) is 4.82. The lowest BCUT2D eigenvalue weighted by atomic mass is 10.1. The summed E-state index contributed by atoms with van der Waals surface area (Å²) in [5.74, 6) is 1.67. The first-order valence-electron chi connectivity index (χ1n) is 10.1. The number of fused-ring (bicyclic) bond motifs is 1. The summed E-state index contributed by atoms with van der Waals surface area (Å²) in [7, 11) is 3.04. The quantitative estimate of drug-likeness (QED) is 0.458. The van der Waals surface area contributed by atoms with Gasteiger partial charge < -0.3 is 24.1 Å². The van der Waals surface area contributed by atoms with Crippen molar-refractivity contribution < 1.29 is 23.5 Å². The maximum atomic E-state index is 12.9. The molecule has 0 spiro atoms. The van der Waals surface area contributed by atoms with Gasteiger partial charge in [0.2, 0.25) is 0 Å². The van der Waals surface area contributed by atoms with E-state index in [1.165, 1.54) is 20.3 Å².